The van der Waals surface area contributed by atoms with Gasteiger partial charge >= 0.3 is 0 Å². The zero-order valence-corrected chi connectivity index (χ0v) is 17.9. The molecule has 3 aromatic rings. The van der Waals surface area contributed by atoms with Crippen molar-refractivity contribution in [2.75, 3.05) is 25.6 Å². The van der Waals surface area contributed by atoms with Gasteiger partial charge in [-0.1, -0.05) is 72.3 Å². The Kier molecular flexibility index (Phi) is 7.98. The van der Waals surface area contributed by atoms with Gasteiger partial charge in [0.25, 0.3) is 11.8 Å². The minimum absolute atomic E-state index is 0.288. The van der Waals surface area contributed by atoms with Crippen LogP contribution in [0.4, 0.5) is 5.69 Å². The van der Waals surface area contributed by atoms with Gasteiger partial charge in [0, 0.05) is 24.3 Å². The van der Waals surface area contributed by atoms with Gasteiger partial charge in [-0.2, -0.15) is 0 Å². The minimum atomic E-state index is -0.344. The molecule has 31 heavy (non-hydrogen) atoms. The van der Waals surface area contributed by atoms with Gasteiger partial charge in [0.05, 0.1) is 17.9 Å². The highest BCUT2D eigenvalue weighted by Crippen LogP contribution is 2.25. The van der Waals surface area contributed by atoms with Crippen molar-refractivity contribution in [1.82, 2.24) is 5.32 Å². The first-order valence-corrected chi connectivity index (χ1v) is 10.2. The maximum atomic E-state index is 13.3. The number of nitrogens with one attached hydrogen (secondary N) is 2. The summed E-state index contributed by atoms with van der Waals surface area (Å²) >= 11 is 6.31. The number of ether oxygens (including phenoxy) is 1. The highest BCUT2D eigenvalue weighted by Gasteiger charge is 2.17. The Morgan fingerprint density at radius 1 is 0.935 bits per heavy atom. The molecular weight excluding hydrogens is 412 g/mol. The summed E-state index contributed by atoms with van der Waals surface area (Å²) in [5, 5.41) is 6.20. The van der Waals surface area contributed by atoms with Crippen molar-refractivity contribution in [3.8, 4) is 0 Å². The summed E-state index contributed by atoms with van der Waals surface area (Å²) in [4.78, 5) is 25.8. The smallest absolute Gasteiger partial charge is 0.256 e. The van der Waals surface area contributed by atoms with Crippen molar-refractivity contribution in [1.29, 1.82) is 0 Å². The number of halogens is 1. The van der Waals surface area contributed by atoms with E-state index in [1.54, 1.807) is 43.5 Å². The molecule has 0 saturated heterocycles. The molecule has 5 nitrogen and oxygen atoms in total. The van der Waals surface area contributed by atoms with E-state index in [0.29, 0.717) is 35.0 Å². The first-order chi connectivity index (χ1) is 15.1. The summed E-state index contributed by atoms with van der Waals surface area (Å²) in [7, 11) is 1.57. The Morgan fingerprint density at radius 2 is 1.61 bits per heavy atom. The quantitative estimate of drug-likeness (QED) is 0.301. The molecule has 2 amide bonds. The normalized spacial score (nSPS) is 11.1. The summed E-state index contributed by atoms with van der Waals surface area (Å²) in [6, 6.07) is 23.5. The van der Waals surface area contributed by atoms with Crippen LogP contribution in [0.1, 0.15) is 21.5 Å². The van der Waals surface area contributed by atoms with E-state index in [9.17, 15) is 9.59 Å². The average Bonchev–Trinajstić information content (AvgIpc) is 2.79. The topological polar surface area (TPSA) is 67.4 Å². The van der Waals surface area contributed by atoms with Crippen molar-refractivity contribution in [2.24, 2.45) is 0 Å². The first kappa shape index (κ1) is 22.3. The first-order valence-electron chi connectivity index (χ1n) is 9.79. The van der Waals surface area contributed by atoms with E-state index in [0.717, 1.165) is 11.1 Å². The standard InChI is InChI=1S/C25H23ClN2O3/c1-31-16-15-27-24(29)20-12-6-8-14-23(20)28-25(30)21(18-9-3-2-4-10-18)17-19-11-5-7-13-22(19)26/h2-14,17H,15-16H2,1H3,(H,27,29)(H,28,30)/b21-17+. The van der Waals surface area contributed by atoms with Crippen LogP contribution in [0.3, 0.4) is 0 Å². The van der Waals surface area contributed by atoms with E-state index in [1.807, 2.05) is 48.5 Å². The number of anilines is 1. The van der Waals surface area contributed by atoms with E-state index >= 15 is 0 Å². The Hall–Kier alpha value is -3.41. The molecule has 0 spiro atoms. The Labute approximate surface area is 186 Å². The number of hydrogen-bond acceptors (Lipinski definition) is 3. The SMILES string of the molecule is COCCNC(=O)c1ccccc1NC(=O)/C(=C/c1ccccc1Cl)c1ccccc1. The van der Waals surface area contributed by atoms with Gasteiger partial charge in [-0.3, -0.25) is 9.59 Å². The minimum Gasteiger partial charge on any atom is -0.383 e. The van der Waals surface area contributed by atoms with Gasteiger partial charge in [-0.15, -0.1) is 0 Å². The van der Waals surface area contributed by atoms with Crippen LogP contribution in [0, 0.1) is 0 Å². The number of methoxy groups -OCH3 is 1. The van der Waals surface area contributed by atoms with E-state index in [2.05, 4.69) is 10.6 Å². The van der Waals surface area contributed by atoms with Gasteiger partial charge in [0.1, 0.15) is 0 Å². The van der Waals surface area contributed by atoms with E-state index < -0.39 is 0 Å². The van der Waals surface area contributed by atoms with Crippen LogP contribution >= 0.6 is 11.6 Å². The number of hydrogen-bond donors (Lipinski definition) is 2. The third kappa shape index (κ3) is 6.04. The molecule has 6 heteroatoms. The maximum Gasteiger partial charge on any atom is 0.256 e. The molecule has 0 radical (unpaired) electrons. The molecule has 158 valence electrons. The van der Waals surface area contributed by atoms with Crippen LogP contribution in [0.2, 0.25) is 5.02 Å². The van der Waals surface area contributed by atoms with Crippen molar-refractivity contribution in [3.63, 3.8) is 0 Å². The predicted octanol–water partition coefficient (Wildman–Crippen LogP) is 4.90. The lowest BCUT2D eigenvalue weighted by Gasteiger charge is -2.14. The fourth-order valence-corrected chi connectivity index (χ4v) is 3.18. The molecule has 0 atom stereocenters. The summed E-state index contributed by atoms with van der Waals surface area (Å²) in [5.74, 6) is -0.632. The zero-order valence-electron chi connectivity index (χ0n) is 17.1. The van der Waals surface area contributed by atoms with Gasteiger partial charge in [0.15, 0.2) is 0 Å². The molecule has 0 fully saturated rings. The van der Waals surface area contributed by atoms with Crippen LogP contribution in [-0.4, -0.2) is 32.1 Å². The molecule has 0 aliphatic rings. The molecule has 0 saturated carbocycles. The number of carbonyl (C=O) groups excluding carboxylic acids is 2. The zero-order chi connectivity index (χ0) is 22.1. The fraction of sp³-hybridized carbons (Fsp3) is 0.120. The fourth-order valence-electron chi connectivity index (χ4n) is 2.99. The van der Waals surface area contributed by atoms with Crippen LogP contribution in [0.25, 0.3) is 11.6 Å². The van der Waals surface area contributed by atoms with E-state index in [-0.39, 0.29) is 11.8 Å². The molecule has 0 heterocycles. The number of para-hydroxylation sites is 1. The third-order valence-electron chi connectivity index (χ3n) is 4.55. The molecule has 0 aromatic heterocycles. The number of carbonyl (C=O) groups is 2. The highest BCUT2D eigenvalue weighted by molar-refractivity contribution is 6.34. The predicted molar refractivity (Wildman–Crippen MR) is 125 cm³/mol. The van der Waals surface area contributed by atoms with Crippen LogP contribution in [0.5, 0.6) is 0 Å². The van der Waals surface area contributed by atoms with Crippen LogP contribution in [0.15, 0.2) is 78.9 Å². The Bertz CT molecular complexity index is 1080. The number of rotatable bonds is 8. The van der Waals surface area contributed by atoms with Gasteiger partial charge in [-0.05, 0) is 35.4 Å². The largest absolute Gasteiger partial charge is 0.383 e. The van der Waals surface area contributed by atoms with Gasteiger partial charge in [-0.25, -0.2) is 0 Å². The van der Waals surface area contributed by atoms with Crippen LogP contribution in [-0.2, 0) is 9.53 Å². The molecule has 0 unspecified atom stereocenters. The summed E-state index contributed by atoms with van der Waals surface area (Å²) in [5.41, 5.74) is 2.69. The highest BCUT2D eigenvalue weighted by atomic mass is 35.5. The lowest BCUT2D eigenvalue weighted by molar-refractivity contribution is -0.111. The molecule has 0 aliphatic carbocycles. The van der Waals surface area contributed by atoms with E-state index in [1.165, 1.54) is 0 Å². The van der Waals surface area contributed by atoms with Crippen LogP contribution < -0.4 is 10.6 Å². The second kappa shape index (κ2) is 11.1. The van der Waals surface area contributed by atoms with E-state index in [4.69, 9.17) is 16.3 Å². The summed E-state index contributed by atoms with van der Waals surface area (Å²) in [6.07, 6.45) is 1.74. The second-order valence-corrected chi connectivity index (χ2v) is 7.10. The second-order valence-electron chi connectivity index (χ2n) is 6.69. The number of amides is 2. The van der Waals surface area contributed by atoms with Crippen molar-refractivity contribution >= 4 is 40.8 Å². The lowest BCUT2D eigenvalue weighted by atomic mass is 10.0. The summed E-state index contributed by atoms with van der Waals surface area (Å²) < 4.78 is 4.97. The molecule has 0 aliphatic heterocycles. The maximum absolute atomic E-state index is 13.3. The van der Waals surface area contributed by atoms with Gasteiger partial charge < -0.3 is 15.4 Å². The molecule has 2 N–H and O–H groups in total. The van der Waals surface area contributed by atoms with Crippen molar-refractivity contribution < 1.29 is 14.3 Å². The van der Waals surface area contributed by atoms with Crippen molar-refractivity contribution in [3.05, 3.63) is 101 Å². The third-order valence-corrected chi connectivity index (χ3v) is 4.89. The lowest BCUT2D eigenvalue weighted by Crippen LogP contribution is -2.28. The van der Waals surface area contributed by atoms with Gasteiger partial charge in [0.2, 0.25) is 0 Å². The Morgan fingerprint density at radius 3 is 2.35 bits per heavy atom. The number of benzene rings is 3. The summed E-state index contributed by atoms with van der Waals surface area (Å²) in [6.45, 7) is 0.776. The molecule has 3 aromatic carbocycles. The molecule has 0 bridgehead atoms. The Balaban J connectivity index is 1.92. The monoisotopic (exact) mass is 434 g/mol. The molecule has 3 rings (SSSR count). The average molecular weight is 435 g/mol. The van der Waals surface area contributed by atoms with Crippen molar-refractivity contribution in [2.45, 2.75) is 0 Å². The molecular formula is C25H23ClN2O3.